The number of hydrogen-bond donors (Lipinski definition) is 2. The topological polar surface area (TPSA) is 59.6 Å². The molecule has 3 N–H and O–H groups in total. The summed E-state index contributed by atoms with van der Waals surface area (Å²) in [6.07, 6.45) is 6.27. The van der Waals surface area contributed by atoms with Gasteiger partial charge in [-0.1, -0.05) is 36.8 Å². The molecule has 2 fully saturated rings. The second kappa shape index (κ2) is 6.48. The largest absolute Gasteiger partial charge is 0.376 e. The molecule has 1 aromatic rings. The lowest BCUT2D eigenvalue weighted by Crippen LogP contribution is -2.41. The van der Waals surface area contributed by atoms with E-state index >= 15 is 0 Å². The highest BCUT2D eigenvalue weighted by molar-refractivity contribution is 5.77. The van der Waals surface area contributed by atoms with E-state index in [1.54, 1.807) is 0 Å². The first-order chi connectivity index (χ1) is 10.3. The fraction of sp³-hybridized carbons (Fsp3) is 0.588. The Morgan fingerprint density at radius 3 is 2.71 bits per heavy atom. The Balaban J connectivity index is 1.55. The van der Waals surface area contributed by atoms with Crippen molar-refractivity contribution in [3.8, 4) is 0 Å². The van der Waals surface area contributed by atoms with Gasteiger partial charge in [0.1, 0.15) is 0 Å². The molecule has 1 unspecified atom stereocenters. The van der Waals surface area contributed by atoms with Crippen molar-refractivity contribution in [1.29, 1.82) is 0 Å². The molecule has 0 aromatic heterocycles. The fourth-order valence-corrected chi connectivity index (χ4v) is 3.25. The van der Waals surface area contributed by atoms with Crippen LogP contribution in [-0.2, 0) is 10.2 Å². The molecule has 1 atom stereocenters. The number of guanidine groups is 1. The standard InChI is InChI=1S/C17H25N3O/c18-16(19-12-15-8-4-11-21-15)20-13-17(9-5-10-17)14-6-2-1-3-7-14/h1-3,6-7,15H,4-5,8-13H2,(H3,18,19,20). The molecule has 0 spiro atoms. The Hall–Kier alpha value is -1.55. The molecular weight excluding hydrogens is 262 g/mol. The molecule has 3 rings (SSSR count). The molecule has 0 amide bonds. The molecule has 1 aromatic carbocycles. The summed E-state index contributed by atoms with van der Waals surface area (Å²) in [6, 6.07) is 10.7. The third-order valence-electron chi connectivity index (χ3n) is 4.78. The molecule has 0 radical (unpaired) electrons. The van der Waals surface area contributed by atoms with Crippen molar-refractivity contribution >= 4 is 5.96 Å². The van der Waals surface area contributed by atoms with Crippen molar-refractivity contribution in [1.82, 2.24) is 5.32 Å². The Kier molecular flexibility index (Phi) is 4.44. The van der Waals surface area contributed by atoms with E-state index in [1.165, 1.54) is 24.8 Å². The van der Waals surface area contributed by atoms with Gasteiger partial charge in [0.05, 0.1) is 12.6 Å². The van der Waals surface area contributed by atoms with Crippen LogP contribution in [0.3, 0.4) is 0 Å². The van der Waals surface area contributed by atoms with Gasteiger partial charge in [0.15, 0.2) is 5.96 Å². The molecule has 1 heterocycles. The van der Waals surface area contributed by atoms with Gasteiger partial charge < -0.3 is 15.8 Å². The summed E-state index contributed by atoms with van der Waals surface area (Å²) in [5, 5.41) is 3.20. The van der Waals surface area contributed by atoms with Gasteiger partial charge in [-0.05, 0) is 31.2 Å². The van der Waals surface area contributed by atoms with Gasteiger partial charge in [-0.25, -0.2) is 0 Å². The summed E-state index contributed by atoms with van der Waals surface area (Å²) in [7, 11) is 0. The van der Waals surface area contributed by atoms with E-state index in [1.807, 2.05) is 0 Å². The lowest BCUT2D eigenvalue weighted by atomic mass is 9.64. The van der Waals surface area contributed by atoms with Gasteiger partial charge in [-0.3, -0.25) is 4.99 Å². The molecule has 2 aliphatic rings. The van der Waals surface area contributed by atoms with E-state index in [0.29, 0.717) is 12.1 Å². The average Bonchev–Trinajstić information content (AvgIpc) is 2.98. The highest BCUT2D eigenvalue weighted by Gasteiger charge is 2.38. The molecule has 1 aliphatic carbocycles. The zero-order valence-electron chi connectivity index (χ0n) is 12.6. The lowest BCUT2D eigenvalue weighted by Gasteiger charge is -2.41. The average molecular weight is 287 g/mol. The van der Waals surface area contributed by atoms with E-state index in [2.05, 4.69) is 40.6 Å². The summed E-state index contributed by atoms with van der Waals surface area (Å²) >= 11 is 0. The number of hydrogen-bond acceptors (Lipinski definition) is 2. The van der Waals surface area contributed by atoms with Crippen LogP contribution in [0, 0.1) is 0 Å². The Bertz CT molecular complexity index is 476. The first-order valence-electron chi connectivity index (χ1n) is 7.99. The summed E-state index contributed by atoms with van der Waals surface area (Å²) in [4.78, 5) is 4.58. The maximum absolute atomic E-state index is 6.00. The minimum absolute atomic E-state index is 0.206. The van der Waals surface area contributed by atoms with Crippen molar-refractivity contribution in [2.75, 3.05) is 19.7 Å². The minimum Gasteiger partial charge on any atom is -0.376 e. The molecule has 1 saturated heterocycles. The minimum atomic E-state index is 0.206. The van der Waals surface area contributed by atoms with Crippen LogP contribution in [0.4, 0.5) is 0 Å². The molecule has 114 valence electrons. The number of rotatable bonds is 5. The van der Waals surface area contributed by atoms with Gasteiger partial charge in [-0.2, -0.15) is 0 Å². The number of nitrogens with two attached hydrogens (primary N) is 1. The van der Waals surface area contributed by atoms with Gasteiger partial charge in [-0.15, -0.1) is 0 Å². The van der Waals surface area contributed by atoms with Crippen molar-refractivity contribution in [2.24, 2.45) is 10.7 Å². The zero-order chi connectivity index (χ0) is 14.5. The highest BCUT2D eigenvalue weighted by Crippen LogP contribution is 2.43. The Morgan fingerprint density at radius 2 is 2.10 bits per heavy atom. The summed E-state index contributed by atoms with van der Waals surface area (Å²) in [6.45, 7) is 2.43. The van der Waals surface area contributed by atoms with E-state index in [4.69, 9.17) is 10.5 Å². The van der Waals surface area contributed by atoms with E-state index in [-0.39, 0.29) is 5.41 Å². The third-order valence-corrected chi connectivity index (χ3v) is 4.78. The van der Waals surface area contributed by atoms with Crippen LogP contribution in [0.15, 0.2) is 35.3 Å². The normalized spacial score (nSPS) is 24.6. The molecule has 4 heteroatoms. The molecule has 21 heavy (non-hydrogen) atoms. The van der Waals surface area contributed by atoms with Crippen LogP contribution in [0.1, 0.15) is 37.7 Å². The van der Waals surface area contributed by atoms with Crippen LogP contribution in [-0.4, -0.2) is 31.8 Å². The SMILES string of the molecule is NC(=NCC1(c2ccccc2)CCC1)NCC1CCCO1. The number of ether oxygens (including phenoxy) is 1. The number of nitrogens with zero attached hydrogens (tertiary/aromatic N) is 1. The Morgan fingerprint density at radius 1 is 1.29 bits per heavy atom. The summed E-state index contributed by atoms with van der Waals surface area (Å²) in [5.74, 6) is 0.549. The van der Waals surface area contributed by atoms with Gasteiger partial charge in [0.2, 0.25) is 0 Å². The predicted octanol–water partition coefficient (Wildman–Crippen LogP) is 2.19. The van der Waals surface area contributed by atoms with Crippen LogP contribution in [0.5, 0.6) is 0 Å². The predicted molar refractivity (Wildman–Crippen MR) is 85.4 cm³/mol. The van der Waals surface area contributed by atoms with Gasteiger partial charge in [0.25, 0.3) is 0 Å². The fourth-order valence-electron chi connectivity index (χ4n) is 3.25. The second-order valence-electron chi connectivity index (χ2n) is 6.22. The summed E-state index contributed by atoms with van der Waals surface area (Å²) < 4.78 is 5.58. The lowest BCUT2D eigenvalue weighted by molar-refractivity contribution is 0.114. The molecule has 1 saturated carbocycles. The van der Waals surface area contributed by atoms with Crippen molar-refractivity contribution in [2.45, 2.75) is 43.6 Å². The number of aliphatic imine (C=N–C) groups is 1. The van der Waals surface area contributed by atoms with Crippen LogP contribution < -0.4 is 11.1 Å². The van der Waals surface area contributed by atoms with Crippen LogP contribution >= 0.6 is 0 Å². The Labute approximate surface area is 126 Å². The van der Waals surface area contributed by atoms with Gasteiger partial charge >= 0.3 is 0 Å². The van der Waals surface area contributed by atoms with Crippen molar-refractivity contribution in [3.05, 3.63) is 35.9 Å². The molecule has 4 nitrogen and oxygen atoms in total. The van der Waals surface area contributed by atoms with Gasteiger partial charge in [0, 0.05) is 18.6 Å². The van der Waals surface area contributed by atoms with Crippen LogP contribution in [0.2, 0.25) is 0 Å². The molecule has 0 bridgehead atoms. The monoisotopic (exact) mass is 287 g/mol. The maximum atomic E-state index is 6.00. The number of nitrogens with one attached hydrogen (secondary N) is 1. The number of benzene rings is 1. The zero-order valence-corrected chi connectivity index (χ0v) is 12.6. The van der Waals surface area contributed by atoms with E-state index in [9.17, 15) is 0 Å². The van der Waals surface area contributed by atoms with E-state index in [0.717, 1.165) is 32.5 Å². The van der Waals surface area contributed by atoms with Crippen LogP contribution in [0.25, 0.3) is 0 Å². The maximum Gasteiger partial charge on any atom is 0.188 e. The van der Waals surface area contributed by atoms with Crippen molar-refractivity contribution < 1.29 is 4.74 Å². The molecular formula is C17H25N3O. The second-order valence-corrected chi connectivity index (χ2v) is 6.22. The third kappa shape index (κ3) is 3.38. The van der Waals surface area contributed by atoms with Crippen molar-refractivity contribution in [3.63, 3.8) is 0 Å². The molecule has 1 aliphatic heterocycles. The first kappa shape index (κ1) is 14.4. The highest BCUT2D eigenvalue weighted by atomic mass is 16.5. The first-order valence-corrected chi connectivity index (χ1v) is 7.99. The van der Waals surface area contributed by atoms with E-state index < -0.39 is 0 Å². The summed E-state index contributed by atoms with van der Waals surface area (Å²) in [5.41, 5.74) is 7.60. The smallest absolute Gasteiger partial charge is 0.188 e. The quantitative estimate of drug-likeness (QED) is 0.644.